The smallest absolute Gasteiger partial charge is 0.257 e. The summed E-state index contributed by atoms with van der Waals surface area (Å²) in [5.41, 5.74) is 1.48. The molecule has 0 fully saturated rings. The number of sulfonamides is 1. The third-order valence-electron chi connectivity index (χ3n) is 5.21. The summed E-state index contributed by atoms with van der Waals surface area (Å²) in [6.45, 7) is 0.455. The van der Waals surface area contributed by atoms with Crippen LogP contribution < -0.4 is 14.2 Å². The molecule has 29 heavy (non-hydrogen) atoms. The van der Waals surface area contributed by atoms with Crippen molar-refractivity contribution in [1.82, 2.24) is 9.21 Å². The first-order valence-corrected chi connectivity index (χ1v) is 10.6. The Hall–Kier alpha value is -2.78. The van der Waals surface area contributed by atoms with Crippen molar-refractivity contribution in [3.05, 3.63) is 47.0 Å². The molecule has 1 amide bonds. The lowest BCUT2D eigenvalue weighted by Gasteiger charge is -2.29. The molecule has 4 rings (SSSR count). The van der Waals surface area contributed by atoms with Crippen LogP contribution in [0.1, 0.15) is 21.5 Å². The van der Waals surface area contributed by atoms with Gasteiger partial charge in [0.1, 0.15) is 4.90 Å². The van der Waals surface area contributed by atoms with Gasteiger partial charge in [0.2, 0.25) is 22.6 Å². The summed E-state index contributed by atoms with van der Waals surface area (Å²) in [5, 5.41) is 0. The number of amides is 1. The fourth-order valence-electron chi connectivity index (χ4n) is 3.70. The average Bonchev–Trinajstić information content (AvgIpc) is 3.18. The number of nitrogens with zero attached hydrogens (tertiary/aromatic N) is 2. The molecule has 0 spiro atoms. The lowest BCUT2D eigenvalue weighted by Crippen LogP contribution is -2.36. The maximum absolute atomic E-state index is 13.6. The minimum Gasteiger partial charge on any atom is -0.492 e. The molecule has 2 aromatic rings. The van der Waals surface area contributed by atoms with E-state index in [1.165, 1.54) is 23.4 Å². The van der Waals surface area contributed by atoms with E-state index in [0.717, 1.165) is 5.56 Å². The minimum absolute atomic E-state index is 0.0133. The van der Waals surface area contributed by atoms with E-state index in [4.69, 9.17) is 14.2 Å². The van der Waals surface area contributed by atoms with Crippen LogP contribution in [0.5, 0.6) is 17.2 Å². The fourth-order valence-corrected chi connectivity index (χ4v) is 5.23. The summed E-state index contributed by atoms with van der Waals surface area (Å²) in [5.74, 6) is 0.178. The van der Waals surface area contributed by atoms with Crippen LogP contribution in [0.25, 0.3) is 0 Å². The second-order valence-electron chi connectivity index (χ2n) is 7.00. The third-order valence-corrected chi connectivity index (χ3v) is 7.10. The molecule has 0 aliphatic carbocycles. The number of hydrogen-bond donors (Lipinski definition) is 0. The summed E-state index contributed by atoms with van der Waals surface area (Å²) in [4.78, 5) is 14.4. The summed E-state index contributed by atoms with van der Waals surface area (Å²) in [7, 11) is 0.641. The molecular formula is C20H22N2O6S. The lowest BCUT2D eigenvalue weighted by molar-refractivity contribution is 0.0775. The van der Waals surface area contributed by atoms with Crippen molar-refractivity contribution in [2.24, 2.45) is 0 Å². The maximum Gasteiger partial charge on any atom is 0.257 e. The van der Waals surface area contributed by atoms with E-state index < -0.39 is 10.0 Å². The molecule has 0 saturated heterocycles. The Kier molecular flexibility index (Phi) is 4.87. The molecule has 2 aliphatic heterocycles. The van der Waals surface area contributed by atoms with E-state index in [9.17, 15) is 13.2 Å². The molecule has 0 radical (unpaired) electrons. The van der Waals surface area contributed by atoms with Crippen LogP contribution >= 0.6 is 0 Å². The molecule has 0 aromatic heterocycles. The second-order valence-corrected chi connectivity index (χ2v) is 8.99. The SMILES string of the molecule is COc1c2c(c(S(=O)(=O)N(C)Cc3ccccc3)c3c1C(=O)N(C)CC3)OCO2. The Morgan fingerprint density at radius 3 is 2.55 bits per heavy atom. The zero-order valence-electron chi connectivity index (χ0n) is 16.5. The Morgan fingerprint density at radius 2 is 1.86 bits per heavy atom. The fraction of sp³-hybridized carbons (Fsp3) is 0.350. The number of hydrogen-bond acceptors (Lipinski definition) is 6. The van der Waals surface area contributed by atoms with Crippen molar-refractivity contribution in [1.29, 1.82) is 0 Å². The van der Waals surface area contributed by atoms with Crippen molar-refractivity contribution in [2.45, 2.75) is 17.9 Å². The van der Waals surface area contributed by atoms with Gasteiger partial charge in [0.25, 0.3) is 5.91 Å². The quantitative estimate of drug-likeness (QED) is 0.737. The molecular weight excluding hydrogens is 396 g/mol. The zero-order chi connectivity index (χ0) is 20.8. The first-order chi connectivity index (χ1) is 13.9. The van der Waals surface area contributed by atoms with Gasteiger partial charge in [-0.05, 0) is 17.5 Å². The number of ether oxygens (including phenoxy) is 3. The largest absolute Gasteiger partial charge is 0.492 e. The Morgan fingerprint density at radius 1 is 1.17 bits per heavy atom. The second kappa shape index (κ2) is 7.23. The first kappa shape index (κ1) is 19.5. The summed E-state index contributed by atoms with van der Waals surface area (Å²) >= 11 is 0. The number of carbonyl (C=O) groups is 1. The van der Waals surface area contributed by atoms with Crippen LogP contribution in [0.3, 0.4) is 0 Å². The van der Waals surface area contributed by atoms with Gasteiger partial charge in [-0.15, -0.1) is 0 Å². The summed E-state index contributed by atoms with van der Waals surface area (Å²) in [6, 6.07) is 9.30. The van der Waals surface area contributed by atoms with Crippen molar-refractivity contribution >= 4 is 15.9 Å². The summed E-state index contributed by atoms with van der Waals surface area (Å²) < 4.78 is 44.9. The van der Waals surface area contributed by atoms with E-state index in [-0.39, 0.29) is 47.0 Å². The lowest BCUT2D eigenvalue weighted by atomic mass is 9.97. The highest BCUT2D eigenvalue weighted by atomic mass is 32.2. The monoisotopic (exact) mass is 418 g/mol. The van der Waals surface area contributed by atoms with Gasteiger partial charge in [0.15, 0.2) is 11.5 Å². The third kappa shape index (κ3) is 3.10. The maximum atomic E-state index is 13.6. The average molecular weight is 418 g/mol. The molecule has 8 nitrogen and oxygen atoms in total. The number of rotatable bonds is 5. The van der Waals surface area contributed by atoms with Crippen LogP contribution in [0.4, 0.5) is 0 Å². The van der Waals surface area contributed by atoms with Gasteiger partial charge < -0.3 is 19.1 Å². The molecule has 0 saturated carbocycles. The van der Waals surface area contributed by atoms with Gasteiger partial charge in [0.05, 0.1) is 12.7 Å². The predicted octanol–water partition coefficient (Wildman–Crippen LogP) is 1.87. The molecule has 0 unspecified atom stereocenters. The van der Waals surface area contributed by atoms with Gasteiger partial charge in [-0.2, -0.15) is 4.31 Å². The normalized spacial score (nSPS) is 15.6. The number of benzene rings is 2. The van der Waals surface area contributed by atoms with Crippen molar-refractivity contribution in [3.63, 3.8) is 0 Å². The standard InChI is InChI=1S/C20H22N2O6S/c1-21-10-9-14-15(20(21)23)16(26-3)17-18(28-12-27-17)19(14)29(24,25)22(2)11-13-7-5-4-6-8-13/h4-8H,9-12H2,1-3H3. The molecule has 2 aliphatic rings. The molecule has 2 heterocycles. The molecule has 2 aromatic carbocycles. The Labute approximate surface area is 169 Å². The van der Waals surface area contributed by atoms with Gasteiger partial charge in [-0.1, -0.05) is 30.3 Å². The Balaban J connectivity index is 1.90. The van der Waals surface area contributed by atoms with Crippen LogP contribution in [-0.4, -0.2) is 58.1 Å². The van der Waals surface area contributed by atoms with Crippen molar-refractivity contribution in [3.8, 4) is 17.2 Å². The van der Waals surface area contributed by atoms with Crippen molar-refractivity contribution < 1.29 is 27.4 Å². The van der Waals surface area contributed by atoms with Crippen LogP contribution in [-0.2, 0) is 23.0 Å². The minimum atomic E-state index is -3.97. The van der Waals surface area contributed by atoms with Gasteiger partial charge >= 0.3 is 0 Å². The zero-order valence-corrected chi connectivity index (χ0v) is 17.3. The van der Waals surface area contributed by atoms with E-state index in [0.29, 0.717) is 18.5 Å². The topological polar surface area (TPSA) is 85.4 Å². The molecule has 154 valence electrons. The van der Waals surface area contributed by atoms with Gasteiger partial charge in [0, 0.05) is 27.2 Å². The molecule has 0 atom stereocenters. The number of methoxy groups -OCH3 is 1. The van der Waals surface area contributed by atoms with E-state index in [1.54, 1.807) is 7.05 Å². The van der Waals surface area contributed by atoms with Gasteiger partial charge in [-0.25, -0.2) is 8.42 Å². The molecule has 9 heteroatoms. The van der Waals surface area contributed by atoms with Crippen LogP contribution in [0.15, 0.2) is 35.2 Å². The number of carbonyl (C=O) groups excluding carboxylic acids is 1. The van der Waals surface area contributed by atoms with E-state index in [2.05, 4.69) is 0 Å². The highest BCUT2D eigenvalue weighted by Crippen LogP contribution is 2.51. The predicted molar refractivity (Wildman–Crippen MR) is 105 cm³/mol. The van der Waals surface area contributed by atoms with Crippen molar-refractivity contribution in [2.75, 3.05) is 34.5 Å². The molecule has 0 bridgehead atoms. The van der Waals surface area contributed by atoms with E-state index >= 15 is 0 Å². The summed E-state index contributed by atoms with van der Waals surface area (Å²) in [6.07, 6.45) is 0.373. The first-order valence-electron chi connectivity index (χ1n) is 9.14. The highest BCUT2D eigenvalue weighted by molar-refractivity contribution is 7.89. The van der Waals surface area contributed by atoms with Crippen LogP contribution in [0, 0.1) is 0 Å². The molecule has 0 N–H and O–H groups in total. The number of fused-ring (bicyclic) bond motifs is 2. The van der Waals surface area contributed by atoms with Gasteiger partial charge in [-0.3, -0.25) is 4.79 Å². The van der Waals surface area contributed by atoms with E-state index in [1.807, 2.05) is 30.3 Å². The highest BCUT2D eigenvalue weighted by Gasteiger charge is 2.41. The Bertz CT molecular complexity index is 1070. The number of likely N-dealkylation sites (N-methyl/N-ethyl adjacent to an activating group) is 1. The van der Waals surface area contributed by atoms with Crippen LogP contribution in [0.2, 0.25) is 0 Å².